The Labute approximate surface area is 136 Å². The van der Waals surface area contributed by atoms with Crippen LogP contribution >= 0.6 is 0 Å². The van der Waals surface area contributed by atoms with E-state index in [1.54, 1.807) is 17.0 Å². The van der Waals surface area contributed by atoms with Crippen molar-refractivity contribution in [2.75, 3.05) is 31.1 Å². The van der Waals surface area contributed by atoms with Gasteiger partial charge in [0, 0.05) is 18.3 Å². The number of nitrogens with zero attached hydrogens (tertiary/aromatic N) is 2. The Morgan fingerprint density at radius 3 is 2.74 bits per heavy atom. The highest BCUT2D eigenvalue weighted by molar-refractivity contribution is 7.89. The zero-order chi connectivity index (χ0) is 17.2. The lowest BCUT2D eigenvalue weighted by atomic mass is 10.1. The number of anilines is 1. The lowest BCUT2D eigenvalue weighted by Crippen LogP contribution is -2.43. The fourth-order valence-electron chi connectivity index (χ4n) is 2.92. The monoisotopic (exact) mass is 341 g/mol. The predicted molar refractivity (Wildman–Crippen MR) is 87.7 cm³/mol. The summed E-state index contributed by atoms with van der Waals surface area (Å²) in [5.74, 6) is -0.0603. The number of fused-ring (bicyclic) bond motifs is 1. The van der Waals surface area contributed by atoms with Gasteiger partial charge < -0.3 is 10.0 Å². The minimum atomic E-state index is -3.75. The van der Waals surface area contributed by atoms with E-state index in [1.165, 1.54) is 6.07 Å². The second kappa shape index (κ2) is 6.96. The third kappa shape index (κ3) is 3.89. The van der Waals surface area contributed by atoms with Crippen molar-refractivity contribution in [3.05, 3.63) is 23.8 Å². The van der Waals surface area contributed by atoms with E-state index in [0.29, 0.717) is 19.5 Å². The van der Waals surface area contributed by atoms with Gasteiger partial charge in [-0.2, -0.15) is 0 Å². The highest BCUT2D eigenvalue weighted by Gasteiger charge is 2.32. The van der Waals surface area contributed by atoms with Crippen LogP contribution in [-0.2, 0) is 21.2 Å². The maximum atomic E-state index is 12.6. The molecule has 0 aliphatic carbocycles. The molecule has 23 heavy (non-hydrogen) atoms. The fraction of sp³-hybridized carbons (Fsp3) is 0.533. The first-order chi connectivity index (χ1) is 10.8. The molecule has 0 spiro atoms. The molecule has 1 amide bonds. The number of nitrogens with two attached hydrogens (primary N) is 1. The molecule has 1 unspecified atom stereocenters. The summed E-state index contributed by atoms with van der Waals surface area (Å²) in [6, 6.07) is 4.57. The van der Waals surface area contributed by atoms with Gasteiger partial charge in [0.15, 0.2) is 0 Å². The molecule has 1 aliphatic heterocycles. The smallest absolute Gasteiger partial charge is 0.241 e. The average Bonchev–Trinajstić information content (AvgIpc) is 2.80. The molecule has 128 valence electrons. The minimum Gasteiger partial charge on any atom is -0.395 e. The SMILES string of the molecule is CCN(CCO)CC(=O)N1c2ccc(S(N)(=O)=O)cc2CC1C. The van der Waals surface area contributed by atoms with E-state index in [1.807, 2.05) is 18.7 Å². The Kier molecular flexibility index (Phi) is 5.41. The number of sulfonamides is 1. The summed E-state index contributed by atoms with van der Waals surface area (Å²) in [6.07, 6.45) is 0.594. The lowest BCUT2D eigenvalue weighted by molar-refractivity contribution is -0.120. The van der Waals surface area contributed by atoms with Gasteiger partial charge in [-0.05, 0) is 43.7 Å². The molecule has 1 heterocycles. The Morgan fingerprint density at radius 2 is 2.17 bits per heavy atom. The normalized spacial score (nSPS) is 17.6. The molecule has 8 heteroatoms. The number of benzene rings is 1. The maximum absolute atomic E-state index is 12.6. The van der Waals surface area contributed by atoms with Gasteiger partial charge in [-0.15, -0.1) is 0 Å². The highest BCUT2D eigenvalue weighted by Crippen LogP contribution is 2.33. The molecule has 2 rings (SSSR count). The van der Waals surface area contributed by atoms with Gasteiger partial charge in [0.25, 0.3) is 0 Å². The number of hydrogen-bond donors (Lipinski definition) is 2. The second-order valence-electron chi connectivity index (χ2n) is 5.74. The van der Waals surface area contributed by atoms with Crippen molar-refractivity contribution < 1.29 is 18.3 Å². The van der Waals surface area contributed by atoms with Crippen molar-refractivity contribution in [1.82, 2.24) is 4.90 Å². The first kappa shape index (κ1) is 17.9. The number of aliphatic hydroxyl groups excluding tert-OH is 1. The number of amides is 1. The van der Waals surface area contributed by atoms with E-state index < -0.39 is 10.0 Å². The van der Waals surface area contributed by atoms with Crippen LogP contribution in [0.1, 0.15) is 19.4 Å². The topological polar surface area (TPSA) is 104 Å². The Morgan fingerprint density at radius 1 is 1.48 bits per heavy atom. The van der Waals surface area contributed by atoms with Crippen LogP contribution in [0.2, 0.25) is 0 Å². The summed E-state index contributed by atoms with van der Waals surface area (Å²) < 4.78 is 22.9. The fourth-order valence-corrected chi connectivity index (χ4v) is 3.49. The van der Waals surface area contributed by atoms with Gasteiger partial charge >= 0.3 is 0 Å². The van der Waals surface area contributed by atoms with Gasteiger partial charge in [0.1, 0.15) is 0 Å². The highest BCUT2D eigenvalue weighted by atomic mass is 32.2. The van der Waals surface area contributed by atoms with Gasteiger partial charge in [0.2, 0.25) is 15.9 Å². The van der Waals surface area contributed by atoms with Gasteiger partial charge in [0.05, 0.1) is 18.0 Å². The molecule has 1 aliphatic rings. The second-order valence-corrected chi connectivity index (χ2v) is 7.31. The first-order valence-corrected chi connectivity index (χ1v) is 9.13. The first-order valence-electron chi connectivity index (χ1n) is 7.59. The molecule has 0 radical (unpaired) electrons. The van der Waals surface area contributed by atoms with E-state index in [-0.39, 0.29) is 30.0 Å². The number of aliphatic hydroxyl groups is 1. The summed E-state index contributed by atoms with van der Waals surface area (Å²) in [5, 5.41) is 14.2. The van der Waals surface area contributed by atoms with Crippen LogP contribution in [0.3, 0.4) is 0 Å². The van der Waals surface area contributed by atoms with Gasteiger partial charge in [-0.1, -0.05) is 6.92 Å². The summed E-state index contributed by atoms with van der Waals surface area (Å²) in [5.41, 5.74) is 1.54. The van der Waals surface area contributed by atoms with Crippen molar-refractivity contribution in [2.24, 2.45) is 5.14 Å². The molecule has 0 saturated heterocycles. The minimum absolute atomic E-state index is 0.00494. The zero-order valence-corrected chi connectivity index (χ0v) is 14.2. The number of likely N-dealkylation sites (N-methyl/N-ethyl adjacent to an activating group) is 1. The molecular formula is C15H23N3O4S. The Bertz CT molecular complexity index is 690. The quantitative estimate of drug-likeness (QED) is 0.753. The number of carbonyl (C=O) groups excluding carboxylic acids is 1. The van der Waals surface area contributed by atoms with E-state index in [9.17, 15) is 13.2 Å². The maximum Gasteiger partial charge on any atom is 0.241 e. The Hall–Kier alpha value is -1.48. The largest absolute Gasteiger partial charge is 0.395 e. The van der Waals surface area contributed by atoms with Crippen LogP contribution in [0.4, 0.5) is 5.69 Å². The van der Waals surface area contributed by atoms with Crippen molar-refractivity contribution in [2.45, 2.75) is 31.2 Å². The molecule has 1 aromatic rings. The summed E-state index contributed by atoms with van der Waals surface area (Å²) in [7, 11) is -3.75. The van der Waals surface area contributed by atoms with Crippen LogP contribution in [0.15, 0.2) is 23.1 Å². The summed E-state index contributed by atoms with van der Waals surface area (Å²) in [4.78, 5) is 16.2. The van der Waals surface area contributed by atoms with E-state index in [2.05, 4.69) is 0 Å². The third-order valence-corrected chi connectivity index (χ3v) is 5.00. The van der Waals surface area contributed by atoms with Gasteiger partial charge in [-0.3, -0.25) is 9.69 Å². The molecule has 1 atom stereocenters. The molecule has 7 nitrogen and oxygen atoms in total. The molecule has 0 fully saturated rings. The average molecular weight is 341 g/mol. The Balaban J connectivity index is 2.25. The molecule has 0 bridgehead atoms. The zero-order valence-electron chi connectivity index (χ0n) is 13.4. The van der Waals surface area contributed by atoms with E-state index >= 15 is 0 Å². The molecule has 1 aromatic carbocycles. The standard InChI is InChI=1S/C15H23N3O4S/c1-3-17(6-7-19)10-15(20)18-11(2)8-12-9-13(23(16,21)22)4-5-14(12)18/h4-5,9,11,19H,3,6-8,10H2,1-2H3,(H2,16,21,22). The number of hydrogen-bond acceptors (Lipinski definition) is 5. The predicted octanol–water partition coefficient (Wildman–Crippen LogP) is -0.0742. The van der Waals surface area contributed by atoms with E-state index in [4.69, 9.17) is 10.2 Å². The summed E-state index contributed by atoms with van der Waals surface area (Å²) in [6.45, 7) is 5.20. The van der Waals surface area contributed by atoms with Crippen molar-refractivity contribution >= 4 is 21.6 Å². The summed E-state index contributed by atoms with van der Waals surface area (Å²) >= 11 is 0. The van der Waals surface area contributed by atoms with Gasteiger partial charge in [-0.25, -0.2) is 13.6 Å². The van der Waals surface area contributed by atoms with Crippen molar-refractivity contribution in [1.29, 1.82) is 0 Å². The molecule has 3 N–H and O–H groups in total. The van der Waals surface area contributed by atoms with Crippen molar-refractivity contribution in [3.8, 4) is 0 Å². The van der Waals surface area contributed by atoms with Crippen LogP contribution in [0.25, 0.3) is 0 Å². The number of primary sulfonamides is 1. The molecule has 0 aromatic heterocycles. The van der Waals surface area contributed by atoms with E-state index in [0.717, 1.165) is 11.3 Å². The van der Waals surface area contributed by atoms with Crippen LogP contribution in [-0.4, -0.2) is 56.6 Å². The number of carbonyl (C=O) groups is 1. The number of rotatable bonds is 6. The third-order valence-electron chi connectivity index (χ3n) is 4.09. The van der Waals surface area contributed by atoms with Crippen LogP contribution in [0.5, 0.6) is 0 Å². The lowest BCUT2D eigenvalue weighted by Gasteiger charge is -2.26. The molecule has 0 saturated carbocycles. The van der Waals surface area contributed by atoms with Crippen molar-refractivity contribution in [3.63, 3.8) is 0 Å². The van der Waals surface area contributed by atoms with Crippen LogP contribution in [0, 0.1) is 0 Å². The van der Waals surface area contributed by atoms with Crippen LogP contribution < -0.4 is 10.0 Å². The molecular weight excluding hydrogens is 318 g/mol.